The van der Waals surface area contributed by atoms with Crippen molar-refractivity contribution in [3.8, 4) is 34.1 Å². The number of nitrogens with one attached hydrogen (secondary N) is 2. The largest absolute Gasteiger partial charge is 0.493 e. The van der Waals surface area contributed by atoms with Crippen LogP contribution in [-0.4, -0.2) is 54.5 Å². The lowest BCUT2D eigenvalue weighted by Gasteiger charge is -2.12. The van der Waals surface area contributed by atoms with Gasteiger partial charge in [-0.05, 0) is 50.6 Å². The number of aromatic nitrogens is 6. The van der Waals surface area contributed by atoms with Gasteiger partial charge in [0, 0.05) is 25.0 Å². The summed E-state index contributed by atoms with van der Waals surface area (Å²) in [6.45, 7) is 6.94. The van der Waals surface area contributed by atoms with E-state index in [1.165, 1.54) is 6.92 Å². The molecule has 0 fully saturated rings. The maximum absolute atomic E-state index is 13.2. The van der Waals surface area contributed by atoms with Crippen LogP contribution in [0.4, 0.5) is 5.82 Å². The summed E-state index contributed by atoms with van der Waals surface area (Å²) in [4.78, 5) is 44.3. The zero-order chi connectivity index (χ0) is 29.8. The molecule has 2 aromatic carbocycles. The number of H-pyrrole nitrogens is 1. The Balaban J connectivity index is 1.62. The van der Waals surface area contributed by atoms with Gasteiger partial charge in [0.05, 0.1) is 29.2 Å². The van der Waals surface area contributed by atoms with Gasteiger partial charge in [-0.1, -0.05) is 25.1 Å². The quantitative estimate of drug-likeness (QED) is 0.239. The Bertz CT molecular complexity index is 1820. The fourth-order valence-corrected chi connectivity index (χ4v) is 4.62. The molecule has 12 heteroatoms. The first kappa shape index (κ1) is 28.3. The number of anilines is 1. The summed E-state index contributed by atoms with van der Waals surface area (Å²) >= 11 is 0. The number of ether oxygens (including phenoxy) is 2. The topological polar surface area (TPSA) is 146 Å². The van der Waals surface area contributed by atoms with Crippen LogP contribution < -0.4 is 15.6 Å². The number of benzene rings is 2. The van der Waals surface area contributed by atoms with Gasteiger partial charge in [-0.2, -0.15) is 5.10 Å². The molecular formula is C30H31N7O5. The van der Waals surface area contributed by atoms with Gasteiger partial charge in [-0.3, -0.25) is 14.4 Å². The number of amides is 1. The number of aryl methyl sites for hydroxylation is 2. The summed E-state index contributed by atoms with van der Waals surface area (Å²) in [6.07, 6.45) is 1.53. The van der Waals surface area contributed by atoms with E-state index in [0.29, 0.717) is 70.0 Å². The zero-order valence-corrected chi connectivity index (χ0v) is 23.8. The number of nitrogens with zero attached hydrogens (tertiary/aromatic N) is 5. The molecule has 42 heavy (non-hydrogen) atoms. The summed E-state index contributed by atoms with van der Waals surface area (Å²) < 4.78 is 13.9. The molecule has 0 spiro atoms. The van der Waals surface area contributed by atoms with Crippen LogP contribution in [0, 0.1) is 6.92 Å². The van der Waals surface area contributed by atoms with E-state index in [-0.39, 0.29) is 5.56 Å². The molecule has 0 radical (unpaired) electrons. The van der Waals surface area contributed by atoms with Gasteiger partial charge in [-0.15, -0.1) is 5.10 Å². The van der Waals surface area contributed by atoms with Gasteiger partial charge >= 0.3 is 5.97 Å². The lowest BCUT2D eigenvalue weighted by atomic mass is 10.1. The normalized spacial score (nSPS) is 11.0. The predicted molar refractivity (Wildman–Crippen MR) is 157 cm³/mol. The third-order valence-electron chi connectivity index (χ3n) is 6.43. The molecule has 0 unspecified atom stereocenters. The molecule has 0 bridgehead atoms. The van der Waals surface area contributed by atoms with E-state index in [4.69, 9.17) is 19.7 Å². The fourth-order valence-electron chi connectivity index (χ4n) is 4.62. The number of carbonyl (C=O) groups excluding carboxylic acids is 2. The second-order valence-corrected chi connectivity index (χ2v) is 9.56. The highest BCUT2D eigenvalue weighted by molar-refractivity contribution is 5.93. The maximum atomic E-state index is 13.2. The Morgan fingerprint density at radius 2 is 1.83 bits per heavy atom. The van der Waals surface area contributed by atoms with E-state index in [1.807, 2.05) is 56.3 Å². The van der Waals surface area contributed by atoms with Crippen LogP contribution in [0.5, 0.6) is 5.75 Å². The summed E-state index contributed by atoms with van der Waals surface area (Å²) in [5, 5.41) is 12.3. The molecule has 0 aliphatic carbocycles. The van der Waals surface area contributed by atoms with Crippen LogP contribution in [0.3, 0.4) is 0 Å². The fraction of sp³-hybridized carbons (Fsp3) is 0.267. The molecule has 0 saturated carbocycles. The van der Waals surface area contributed by atoms with Gasteiger partial charge in [0.15, 0.2) is 17.9 Å². The molecule has 0 aliphatic heterocycles. The van der Waals surface area contributed by atoms with Crippen molar-refractivity contribution in [2.75, 3.05) is 18.5 Å². The van der Waals surface area contributed by atoms with Crippen molar-refractivity contribution in [2.45, 2.75) is 40.5 Å². The standard InChI is InChI=1S/C30H31N7O5/c1-5-10-25-31-18(3)28-30(40)33-29(35-37(25)28)22-15-20(13-14-24(22)41-6-2)23-16-26(32-27(39)17-42-19(4)38)36(34-23)21-11-8-7-9-12-21/h7-9,11-16H,5-6,10,17H2,1-4H3,(H,32,39)(H,33,35,40). The molecule has 0 saturated heterocycles. The number of hydrogen-bond acceptors (Lipinski definition) is 8. The Kier molecular flexibility index (Phi) is 8.14. The van der Waals surface area contributed by atoms with Crippen LogP contribution in [0.25, 0.3) is 33.8 Å². The predicted octanol–water partition coefficient (Wildman–Crippen LogP) is 4.10. The molecule has 2 N–H and O–H groups in total. The maximum Gasteiger partial charge on any atom is 0.303 e. The van der Waals surface area contributed by atoms with Gasteiger partial charge in [0.25, 0.3) is 11.5 Å². The smallest absolute Gasteiger partial charge is 0.303 e. The third kappa shape index (κ3) is 5.78. The van der Waals surface area contributed by atoms with Crippen LogP contribution in [-0.2, 0) is 20.7 Å². The number of aromatic amines is 1. The summed E-state index contributed by atoms with van der Waals surface area (Å²) in [5.74, 6) is 0.897. The molecule has 5 rings (SSSR count). The molecule has 5 aromatic rings. The van der Waals surface area contributed by atoms with Gasteiger partial charge in [0.2, 0.25) is 0 Å². The lowest BCUT2D eigenvalue weighted by Crippen LogP contribution is -2.21. The molecule has 0 aliphatic rings. The van der Waals surface area contributed by atoms with Crippen molar-refractivity contribution in [1.82, 2.24) is 29.4 Å². The molecule has 1 amide bonds. The van der Waals surface area contributed by atoms with Crippen molar-refractivity contribution < 1.29 is 19.1 Å². The number of hydrogen-bond donors (Lipinski definition) is 2. The second kappa shape index (κ2) is 12.1. The SMILES string of the molecule is CCCc1nc(C)c2c(=O)[nH]c(-c3cc(-c4cc(NC(=O)COC(C)=O)n(-c5ccccc5)n4)ccc3OCC)nn12. The molecule has 12 nitrogen and oxygen atoms in total. The first-order valence-electron chi connectivity index (χ1n) is 13.6. The minimum Gasteiger partial charge on any atom is -0.493 e. The van der Waals surface area contributed by atoms with Crippen LogP contribution in [0.2, 0.25) is 0 Å². The van der Waals surface area contributed by atoms with E-state index < -0.39 is 18.5 Å². The van der Waals surface area contributed by atoms with E-state index in [1.54, 1.807) is 28.3 Å². The average molecular weight is 570 g/mol. The Hall–Kier alpha value is -5.26. The van der Waals surface area contributed by atoms with Crippen molar-refractivity contribution in [1.29, 1.82) is 0 Å². The molecule has 3 heterocycles. The summed E-state index contributed by atoms with van der Waals surface area (Å²) in [5.41, 5.74) is 3.24. The van der Waals surface area contributed by atoms with Gasteiger partial charge in [-0.25, -0.2) is 14.2 Å². The van der Waals surface area contributed by atoms with E-state index in [2.05, 4.69) is 15.3 Å². The van der Waals surface area contributed by atoms with Crippen LogP contribution >= 0.6 is 0 Å². The number of carbonyl (C=O) groups is 2. The summed E-state index contributed by atoms with van der Waals surface area (Å²) in [7, 11) is 0. The highest BCUT2D eigenvalue weighted by Gasteiger charge is 2.20. The van der Waals surface area contributed by atoms with E-state index in [0.717, 1.165) is 6.42 Å². The van der Waals surface area contributed by atoms with Crippen molar-refractivity contribution in [3.05, 3.63) is 76.5 Å². The Labute approximate surface area is 241 Å². The van der Waals surface area contributed by atoms with Crippen LogP contribution in [0.1, 0.15) is 38.7 Å². The second-order valence-electron chi connectivity index (χ2n) is 9.56. The highest BCUT2D eigenvalue weighted by Crippen LogP contribution is 2.34. The molecule has 0 atom stereocenters. The first-order chi connectivity index (χ1) is 20.3. The van der Waals surface area contributed by atoms with E-state index >= 15 is 0 Å². The number of para-hydroxylation sites is 1. The Morgan fingerprint density at radius 1 is 1.05 bits per heavy atom. The number of imidazole rings is 1. The minimum atomic E-state index is -0.554. The molecule has 216 valence electrons. The average Bonchev–Trinajstić information content (AvgIpc) is 3.53. The van der Waals surface area contributed by atoms with Crippen molar-refractivity contribution in [3.63, 3.8) is 0 Å². The number of rotatable bonds is 10. The zero-order valence-electron chi connectivity index (χ0n) is 23.8. The first-order valence-corrected chi connectivity index (χ1v) is 13.6. The van der Waals surface area contributed by atoms with Gasteiger partial charge in [0.1, 0.15) is 17.4 Å². The molecule has 3 aromatic heterocycles. The monoisotopic (exact) mass is 569 g/mol. The van der Waals surface area contributed by atoms with Crippen molar-refractivity contribution >= 4 is 23.2 Å². The number of fused-ring (bicyclic) bond motifs is 1. The van der Waals surface area contributed by atoms with Crippen LogP contribution in [0.15, 0.2) is 59.4 Å². The van der Waals surface area contributed by atoms with E-state index in [9.17, 15) is 14.4 Å². The highest BCUT2D eigenvalue weighted by atomic mass is 16.5. The molecular weight excluding hydrogens is 538 g/mol. The summed E-state index contributed by atoms with van der Waals surface area (Å²) in [6, 6.07) is 16.5. The lowest BCUT2D eigenvalue weighted by molar-refractivity contribution is -0.144. The van der Waals surface area contributed by atoms with Crippen molar-refractivity contribution in [2.24, 2.45) is 0 Å². The van der Waals surface area contributed by atoms with Gasteiger partial charge < -0.3 is 19.8 Å². The number of esters is 1. The Morgan fingerprint density at radius 3 is 2.55 bits per heavy atom. The minimum absolute atomic E-state index is 0.300. The third-order valence-corrected chi connectivity index (χ3v) is 6.43.